The molecule has 0 aromatic heterocycles. The number of benzene rings is 3. The van der Waals surface area contributed by atoms with Gasteiger partial charge in [0.05, 0.1) is 14.1 Å². The van der Waals surface area contributed by atoms with E-state index < -0.39 is 11.6 Å². The lowest BCUT2D eigenvalue weighted by atomic mass is 9.83. The number of carbonyl (C=O) groups is 2. The highest BCUT2D eigenvalue weighted by Crippen LogP contribution is 2.37. The van der Waals surface area contributed by atoms with Crippen molar-refractivity contribution in [3.05, 3.63) is 88.5 Å². The molecule has 0 aliphatic heterocycles. The van der Waals surface area contributed by atoms with Crippen LogP contribution in [-0.2, 0) is 6.54 Å². The van der Waals surface area contributed by atoms with E-state index in [9.17, 15) is 9.59 Å². The quantitative estimate of drug-likeness (QED) is 0.474. The minimum absolute atomic E-state index is 0.410. The van der Waals surface area contributed by atoms with Crippen LogP contribution in [0.5, 0.6) is 0 Å². The monoisotopic (exact) mass is 370 g/mol. The van der Waals surface area contributed by atoms with Crippen LogP contribution in [0.1, 0.15) is 37.4 Å². The largest absolute Gasteiger partial charge is 0.292 e. The van der Waals surface area contributed by atoms with Gasteiger partial charge in [0, 0.05) is 22.8 Å². The van der Waals surface area contributed by atoms with Crippen LogP contribution in [0.15, 0.2) is 60.7 Å². The van der Waals surface area contributed by atoms with Crippen LogP contribution in [0, 0.1) is 13.8 Å². The van der Waals surface area contributed by atoms with E-state index in [1.807, 2.05) is 37.3 Å². The van der Waals surface area contributed by atoms with Gasteiger partial charge in [-0.05, 0) is 43.2 Å². The van der Waals surface area contributed by atoms with Gasteiger partial charge in [0.1, 0.15) is 12.2 Å². The van der Waals surface area contributed by atoms with Gasteiger partial charge in [0.2, 0.25) is 11.6 Å². The van der Waals surface area contributed by atoms with E-state index in [-0.39, 0.29) is 0 Å². The molecule has 28 heavy (non-hydrogen) atoms. The standard InChI is InChI=1S/C25H24NO2/c1-16-5-8-18(9-6-16)15-26(3,4)19-10-12-21-20-11-7-17(2)13-22(20)24(27)25(28)23(21)14-19/h5-14H,15H2,1-4H3/q+1. The van der Waals surface area contributed by atoms with Crippen molar-refractivity contribution in [1.82, 2.24) is 4.48 Å². The maximum atomic E-state index is 12.8. The van der Waals surface area contributed by atoms with Gasteiger partial charge in [0.25, 0.3) is 0 Å². The second-order valence-electron chi connectivity index (χ2n) is 8.27. The zero-order valence-electron chi connectivity index (χ0n) is 16.7. The second kappa shape index (κ2) is 6.54. The summed E-state index contributed by atoms with van der Waals surface area (Å²) < 4.78 is 0.596. The van der Waals surface area contributed by atoms with E-state index in [1.165, 1.54) is 11.1 Å². The summed E-state index contributed by atoms with van der Waals surface area (Å²) in [6.07, 6.45) is 0. The number of Topliss-reactive ketones (excluding diaryl/α,β-unsaturated/α-hetero) is 2. The Bertz CT molecular complexity index is 1110. The molecule has 3 heteroatoms. The highest BCUT2D eigenvalue weighted by molar-refractivity contribution is 6.53. The average Bonchev–Trinajstić information content (AvgIpc) is 2.67. The molecular formula is C25H24NO2+. The molecular weight excluding hydrogens is 346 g/mol. The Kier molecular flexibility index (Phi) is 4.28. The summed E-state index contributed by atoms with van der Waals surface area (Å²) in [4.78, 5) is 25.5. The fourth-order valence-electron chi connectivity index (χ4n) is 3.90. The molecule has 0 unspecified atom stereocenters. The van der Waals surface area contributed by atoms with E-state index in [2.05, 4.69) is 51.4 Å². The van der Waals surface area contributed by atoms with Crippen molar-refractivity contribution in [2.24, 2.45) is 0 Å². The van der Waals surface area contributed by atoms with E-state index in [0.29, 0.717) is 15.6 Å². The zero-order valence-corrected chi connectivity index (χ0v) is 16.7. The van der Waals surface area contributed by atoms with Crippen LogP contribution in [0.4, 0.5) is 5.69 Å². The number of fused-ring (bicyclic) bond motifs is 3. The Labute approximate surface area is 165 Å². The van der Waals surface area contributed by atoms with Crippen molar-refractivity contribution in [3.63, 3.8) is 0 Å². The summed E-state index contributed by atoms with van der Waals surface area (Å²) in [5.74, 6) is -0.822. The first-order valence-electron chi connectivity index (χ1n) is 9.49. The molecule has 0 atom stereocenters. The number of ketones is 2. The van der Waals surface area contributed by atoms with Crippen LogP contribution in [0.25, 0.3) is 11.1 Å². The van der Waals surface area contributed by atoms with Crippen LogP contribution < -0.4 is 4.48 Å². The van der Waals surface area contributed by atoms with Gasteiger partial charge < -0.3 is 0 Å². The maximum absolute atomic E-state index is 12.8. The van der Waals surface area contributed by atoms with Crippen LogP contribution in [-0.4, -0.2) is 25.7 Å². The summed E-state index contributed by atoms with van der Waals surface area (Å²) in [6, 6.07) is 20.2. The molecule has 0 saturated heterocycles. The van der Waals surface area contributed by atoms with Gasteiger partial charge in [0.15, 0.2) is 0 Å². The first-order chi connectivity index (χ1) is 13.3. The predicted octanol–water partition coefficient (Wildman–Crippen LogP) is 5.12. The Balaban J connectivity index is 1.76. The zero-order chi connectivity index (χ0) is 20.1. The van der Waals surface area contributed by atoms with Gasteiger partial charge in [-0.25, -0.2) is 0 Å². The molecule has 0 saturated carbocycles. The Morgan fingerprint density at radius 1 is 0.643 bits per heavy atom. The van der Waals surface area contributed by atoms with Crippen molar-refractivity contribution < 1.29 is 9.59 Å². The molecule has 0 bridgehead atoms. The minimum Gasteiger partial charge on any atom is -0.292 e. The first kappa shape index (κ1) is 18.3. The van der Waals surface area contributed by atoms with Crippen LogP contribution in [0.3, 0.4) is 0 Å². The Morgan fingerprint density at radius 2 is 1.18 bits per heavy atom. The highest BCUT2D eigenvalue weighted by Gasteiger charge is 2.32. The van der Waals surface area contributed by atoms with Gasteiger partial charge in [-0.15, -0.1) is 0 Å². The second-order valence-corrected chi connectivity index (χ2v) is 8.27. The highest BCUT2D eigenvalue weighted by atomic mass is 16.2. The molecule has 1 aliphatic rings. The number of rotatable bonds is 3. The molecule has 3 aromatic carbocycles. The summed E-state index contributed by atoms with van der Waals surface area (Å²) >= 11 is 0. The Hall–Kier alpha value is -3.04. The third-order valence-corrected chi connectivity index (χ3v) is 5.56. The smallest absolute Gasteiger partial charge is 0.234 e. The fraction of sp³-hybridized carbons (Fsp3) is 0.200. The predicted molar refractivity (Wildman–Crippen MR) is 114 cm³/mol. The maximum Gasteiger partial charge on any atom is 0.234 e. The van der Waals surface area contributed by atoms with Crippen molar-refractivity contribution in [2.45, 2.75) is 20.4 Å². The van der Waals surface area contributed by atoms with E-state index in [4.69, 9.17) is 0 Å². The van der Waals surface area contributed by atoms with Crippen LogP contribution in [0.2, 0.25) is 0 Å². The molecule has 4 rings (SSSR count). The lowest BCUT2D eigenvalue weighted by Crippen LogP contribution is -2.39. The molecule has 0 N–H and O–H groups in total. The number of hydrogen-bond acceptors (Lipinski definition) is 2. The minimum atomic E-state index is -0.412. The van der Waals surface area contributed by atoms with Crippen molar-refractivity contribution in [1.29, 1.82) is 0 Å². The molecule has 0 amide bonds. The van der Waals surface area contributed by atoms with Crippen molar-refractivity contribution in [3.8, 4) is 11.1 Å². The lowest BCUT2D eigenvalue weighted by Gasteiger charge is -2.30. The number of nitrogens with zero attached hydrogens (tertiary/aromatic N) is 1. The lowest BCUT2D eigenvalue weighted by molar-refractivity contribution is 0.0815. The van der Waals surface area contributed by atoms with E-state index in [0.717, 1.165) is 28.9 Å². The summed E-state index contributed by atoms with van der Waals surface area (Å²) in [5.41, 5.74) is 7.18. The van der Waals surface area contributed by atoms with Crippen LogP contribution >= 0.6 is 0 Å². The summed E-state index contributed by atoms with van der Waals surface area (Å²) in [6.45, 7) is 4.81. The number of hydrogen-bond donors (Lipinski definition) is 0. The van der Waals surface area contributed by atoms with E-state index in [1.54, 1.807) is 0 Å². The first-order valence-corrected chi connectivity index (χ1v) is 9.49. The topological polar surface area (TPSA) is 34.1 Å². The van der Waals surface area contributed by atoms with Gasteiger partial charge in [-0.1, -0.05) is 47.5 Å². The molecule has 0 fully saturated rings. The molecule has 1 aliphatic carbocycles. The van der Waals surface area contributed by atoms with Gasteiger partial charge in [-0.2, -0.15) is 0 Å². The SMILES string of the molecule is Cc1ccc(C[N+](C)(C)c2ccc3c(c2)C(=O)C(=O)c2cc(C)ccc2-3)cc1. The van der Waals surface area contributed by atoms with Gasteiger partial charge in [-0.3, -0.25) is 14.1 Å². The molecule has 0 spiro atoms. The fourth-order valence-corrected chi connectivity index (χ4v) is 3.90. The number of aryl methyl sites for hydroxylation is 2. The summed E-state index contributed by atoms with van der Waals surface area (Å²) in [5, 5.41) is 0. The Morgan fingerprint density at radius 3 is 1.82 bits per heavy atom. The molecule has 0 radical (unpaired) electrons. The number of carbonyl (C=O) groups excluding carboxylic acids is 2. The summed E-state index contributed by atoms with van der Waals surface area (Å²) in [7, 11) is 4.24. The normalized spacial score (nSPS) is 13.3. The molecule has 0 heterocycles. The number of quaternary nitrogens is 1. The third-order valence-electron chi connectivity index (χ3n) is 5.56. The van der Waals surface area contributed by atoms with Gasteiger partial charge >= 0.3 is 0 Å². The molecule has 3 aromatic rings. The average molecular weight is 370 g/mol. The molecule has 140 valence electrons. The molecule has 3 nitrogen and oxygen atoms in total. The van der Waals surface area contributed by atoms with Crippen molar-refractivity contribution >= 4 is 17.3 Å². The van der Waals surface area contributed by atoms with Crippen molar-refractivity contribution in [2.75, 3.05) is 14.1 Å². The van der Waals surface area contributed by atoms with E-state index >= 15 is 0 Å². The third kappa shape index (κ3) is 3.08.